The van der Waals surface area contributed by atoms with Gasteiger partial charge in [-0.15, -0.1) is 5.10 Å². The SMILES string of the molecule is Cc1c(N)cccc1-c1nnnn1CC(C)C1CC1. The first kappa shape index (κ1) is 12.1. The van der Waals surface area contributed by atoms with Gasteiger partial charge < -0.3 is 5.73 Å². The molecule has 0 saturated heterocycles. The van der Waals surface area contributed by atoms with Gasteiger partial charge in [-0.05, 0) is 53.7 Å². The summed E-state index contributed by atoms with van der Waals surface area (Å²) in [5.41, 5.74) is 8.80. The minimum Gasteiger partial charge on any atom is -0.398 e. The van der Waals surface area contributed by atoms with Gasteiger partial charge in [0.15, 0.2) is 5.82 Å². The van der Waals surface area contributed by atoms with Crippen molar-refractivity contribution in [2.24, 2.45) is 11.8 Å². The third-order valence-electron chi connectivity index (χ3n) is 4.04. The fourth-order valence-corrected chi connectivity index (χ4v) is 2.50. The molecule has 1 heterocycles. The zero-order valence-corrected chi connectivity index (χ0v) is 11.4. The van der Waals surface area contributed by atoms with Crippen LogP contribution in [0.25, 0.3) is 11.4 Å². The topological polar surface area (TPSA) is 69.6 Å². The van der Waals surface area contributed by atoms with Crippen LogP contribution in [0.2, 0.25) is 0 Å². The first-order valence-corrected chi connectivity index (χ1v) is 6.78. The van der Waals surface area contributed by atoms with Gasteiger partial charge in [-0.3, -0.25) is 0 Å². The van der Waals surface area contributed by atoms with Gasteiger partial charge >= 0.3 is 0 Å². The minimum absolute atomic E-state index is 0.628. The molecular formula is C14H19N5. The third kappa shape index (κ3) is 2.32. The molecule has 0 aliphatic heterocycles. The fourth-order valence-electron chi connectivity index (χ4n) is 2.50. The Kier molecular flexibility index (Phi) is 2.97. The molecule has 0 spiro atoms. The number of benzene rings is 1. The molecule has 5 nitrogen and oxygen atoms in total. The molecule has 19 heavy (non-hydrogen) atoms. The lowest BCUT2D eigenvalue weighted by Gasteiger charge is -2.12. The Morgan fingerprint density at radius 1 is 1.42 bits per heavy atom. The summed E-state index contributed by atoms with van der Waals surface area (Å²) in [5, 5.41) is 12.1. The first-order valence-electron chi connectivity index (χ1n) is 6.78. The van der Waals surface area contributed by atoms with E-state index in [0.717, 1.165) is 35.1 Å². The van der Waals surface area contributed by atoms with Crippen LogP contribution >= 0.6 is 0 Å². The van der Waals surface area contributed by atoms with Crippen LogP contribution in [0, 0.1) is 18.8 Å². The van der Waals surface area contributed by atoms with Crippen molar-refractivity contribution < 1.29 is 0 Å². The van der Waals surface area contributed by atoms with Crippen molar-refractivity contribution in [1.29, 1.82) is 0 Å². The van der Waals surface area contributed by atoms with Gasteiger partial charge in [0.05, 0.1) is 0 Å². The van der Waals surface area contributed by atoms with Crippen LogP contribution in [0.4, 0.5) is 5.69 Å². The highest BCUT2D eigenvalue weighted by atomic mass is 15.5. The monoisotopic (exact) mass is 257 g/mol. The molecule has 1 aliphatic rings. The van der Waals surface area contributed by atoms with Crippen LogP contribution in [-0.4, -0.2) is 20.2 Å². The van der Waals surface area contributed by atoms with Gasteiger partial charge in [0.2, 0.25) is 0 Å². The summed E-state index contributed by atoms with van der Waals surface area (Å²) < 4.78 is 1.91. The fraction of sp³-hybridized carbons (Fsp3) is 0.500. The summed E-state index contributed by atoms with van der Waals surface area (Å²) in [7, 11) is 0. The molecule has 1 aromatic heterocycles. The molecule has 1 aliphatic carbocycles. The van der Waals surface area contributed by atoms with Crippen LogP contribution in [0.3, 0.4) is 0 Å². The Morgan fingerprint density at radius 3 is 2.95 bits per heavy atom. The number of nitrogen functional groups attached to an aromatic ring is 1. The van der Waals surface area contributed by atoms with E-state index in [0.29, 0.717) is 5.92 Å². The Labute approximate surface area is 112 Å². The van der Waals surface area contributed by atoms with Crippen LogP contribution in [0.15, 0.2) is 18.2 Å². The van der Waals surface area contributed by atoms with E-state index >= 15 is 0 Å². The average Bonchev–Trinajstić information content (AvgIpc) is 3.15. The molecule has 1 aromatic carbocycles. The summed E-state index contributed by atoms with van der Waals surface area (Å²) in [6, 6.07) is 5.87. The van der Waals surface area contributed by atoms with E-state index in [-0.39, 0.29) is 0 Å². The maximum atomic E-state index is 5.96. The Bertz CT molecular complexity index is 585. The quantitative estimate of drug-likeness (QED) is 0.853. The van der Waals surface area contributed by atoms with Crippen molar-refractivity contribution in [1.82, 2.24) is 20.2 Å². The smallest absolute Gasteiger partial charge is 0.182 e. The standard InChI is InChI=1S/C14H19N5/c1-9(11-6-7-11)8-19-14(16-17-18-19)12-4-3-5-13(15)10(12)2/h3-5,9,11H,6-8,15H2,1-2H3. The molecule has 2 aromatic rings. The molecule has 1 saturated carbocycles. The van der Waals surface area contributed by atoms with E-state index in [1.54, 1.807) is 0 Å². The molecule has 1 fully saturated rings. The normalized spacial score (nSPS) is 16.5. The zero-order valence-electron chi connectivity index (χ0n) is 11.4. The van der Waals surface area contributed by atoms with E-state index in [4.69, 9.17) is 5.73 Å². The number of anilines is 1. The second-order valence-corrected chi connectivity index (χ2v) is 5.52. The summed E-state index contributed by atoms with van der Waals surface area (Å²) in [4.78, 5) is 0. The average molecular weight is 257 g/mol. The van der Waals surface area contributed by atoms with Crippen molar-refractivity contribution in [3.05, 3.63) is 23.8 Å². The molecule has 5 heteroatoms. The van der Waals surface area contributed by atoms with Crippen molar-refractivity contribution in [3.8, 4) is 11.4 Å². The lowest BCUT2D eigenvalue weighted by molar-refractivity contribution is 0.402. The number of aromatic nitrogens is 4. The molecule has 0 amide bonds. The van der Waals surface area contributed by atoms with Gasteiger partial charge in [0.25, 0.3) is 0 Å². The van der Waals surface area contributed by atoms with Crippen molar-refractivity contribution in [2.75, 3.05) is 5.73 Å². The first-order chi connectivity index (χ1) is 9.16. The highest BCUT2D eigenvalue weighted by molar-refractivity contribution is 5.67. The number of rotatable bonds is 4. The number of hydrogen-bond acceptors (Lipinski definition) is 4. The maximum Gasteiger partial charge on any atom is 0.182 e. The summed E-state index contributed by atoms with van der Waals surface area (Å²) in [5.74, 6) is 2.29. The highest BCUT2D eigenvalue weighted by Gasteiger charge is 2.29. The van der Waals surface area contributed by atoms with E-state index in [1.807, 2.05) is 29.8 Å². The molecule has 1 unspecified atom stereocenters. The molecular weight excluding hydrogens is 238 g/mol. The number of nitrogens with two attached hydrogens (primary N) is 1. The number of nitrogens with zero attached hydrogens (tertiary/aromatic N) is 4. The van der Waals surface area contributed by atoms with Gasteiger partial charge in [0.1, 0.15) is 0 Å². The van der Waals surface area contributed by atoms with Crippen LogP contribution in [0.5, 0.6) is 0 Å². The van der Waals surface area contributed by atoms with E-state index in [2.05, 4.69) is 22.4 Å². The Morgan fingerprint density at radius 2 is 2.21 bits per heavy atom. The highest BCUT2D eigenvalue weighted by Crippen LogP contribution is 2.37. The van der Waals surface area contributed by atoms with Gasteiger partial charge in [-0.2, -0.15) is 0 Å². The summed E-state index contributed by atoms with van der Waals surface area (Å²) in [6.45, 7) is 5.16. The second kappa shape index (κ2) is 4.64. The van der Waals surface area contributed by atoms with Gasteiger partial charge in [-0.25, -0.2) is 4.68 Å². The lowest BCUT2D eigenvalue weighted by Crippen LogP contribution is -2.12. The van der Waals surface area contributed by atoms with E-state index < -0.39 is 0 Å². The van der Waals surface area contributed by atoms with Crippen molar-refractivity contribution in [3.63, 3.8) is 0 Å². The van der Waals surface area contributed by atoms with Crippen LogP contribution in [-0.2, 0) is 6.54 Å². The molecule has 2 N–H and O–H groups in total. The molecule has 3 rings (SSSR count). The molecule has 0 radical (unpaired) electrons. The maximum absolute atomic E-state index is 5.96. The van der Waals surface area contributed by atoms with Crippen LogP contribution < -0.4 is 5.73 Å². The van der Waals surface area contributed by atoms with Crippen LogP contribution in [0.1, 0.15) is 25.3 Å². The molecule has 100 valence electrons. The zero-order chi connectivity index (χ0) is 13.4. The van der Waals surface area contributed by atoms with E-state index in [9.17, 15) is 0 Å². The summed E-state index contributed by atoms with van der Waals surface area (Å²) >= 11 is 0. The lowest BCUT2D eigenvalue weighted by atomic mass is 10.0. The van der Waals surface area contributed by atoms with Gasteiger partial charge in [0, 0.05) is 17.8 Å². The third-order valence-corrected chi connectivity index (χ3v) is 4.04. The largest absolute Gasteiger partial charge is 0.398 e. The molecule has 1 atom stereocenters. The number of hydrogen-bond donors (Lipinski definition) is 1. The van der Waals surface area contributed by atoms with E-state index in [1.165, 1.54) is 12.8 Å². The second-order valence-electron chi connectivity index (χ2n) is 5.52. The minimum atomic E-state index is 0.628. The van der Waals surface area contributed by atoms with Crippen molar-refractivity contribution in [2.45, 2.75) is 33.2 Å². The predicted octanol–water partition coefficient (Wildman–Crippen LogP) is 2.28. The Hall–Kier alpha value is -1.91. The van der Waals surface area contributed by atoms with Gasteiger partial charge in [-0.1, -0.05) is 19.1 Å². The molecule has 0 bridgehead atoms. The van der Waals surface area contributed by atoms with Crippen molar-refractivity contribution >= 4 is 5.69 Å². The predicted molar refractivity (Wildman–Crippen MR) is 74.3 cm³/mol. The Balaban J connectivity index is 1.92. The number of tetrazole rings is 1. The summed E-state index contributed by atoms with van der Waals surface area (Å²) in [6.07, 6.45) is 2.69.